The summed E-state index contributed by atoms with van der Waals surface area (Å²) in [5, 5.41) is 2.84. The fourth-order valence-electron chi connectivity index (χ4n) is 1.83. The number of methoxy groups -OCH3 is 1. The number of amides is 1. The van der Waals surface area contributed by atoms with Gasteiger partial charge in [0.15, 0.2) is 0 Å². The van der Waals surface area contributed by atoms with Crippen molar-refractivity contribution in [3.05, 3.63) is 23.8 Å². The van der Waals surface area contributed by atoms with Crippen LogP contribution in [0, 0.1) is 5.92 Å². The molecule has 1 aliphatic heterocycles. The zero-order chi connectivity index (χ0) is 10.8. The second-order valence-corrected chi connectivity index (χ2v) is 3.62. The molecule has 0 saturated carbocycles. The third-order valence-corrected chi connectivity index (χ3v) is 2.70. The summed E-state index contributed by atoms with van der Waals surface area (Å²) in [5.41, 5.74) is 7.40. The third-order valence-electron chi connectivity index (χ3n) is 2.70. The lowest BCUT2D eigenvalue weighted by atomic mass is 9.93. The van der Waals surface area contributed by atoms with E-state index in [0.29, 0.717) is 18.7 Å². The first-order valence-electron chi connectivity index (χ1n) is 4.93. The fourth-order valence-corrected chi connectivity index (χ4v) is 1.83. The standard InChI is InChI=1S/C11H14N2O2/c1-15-9-4-2-3-7-5-8(6-12)11(14)13-10(7)9/h2-4,8H,5-6,12H2,1H3,(H,13,14). The molecule has 0 aromatic heterocycles. The van der Waals surface area contributed by atoms with E-state index in [1.807, 2.05) is 18.2 Å². The predicted molar refractivity (Wildman–Crippen MR) is 57.9 cm³/mol. The Kier molecular flexibility index (Phi) is 2.60. The van der Waals surface area contributed by atoms with E-state index >= 15 is 0 Å². The van der Waals surface area contributed by atoms with Crippen molar-refractivity contribution in [3.63, 3.8) is 0 Å². The number of carbonyl (C=O) groups is 1. The molecule has 80 valence electrons. The van der Waals surface area contributed by atoms with Gasteiger partial charge in [0, 0.05) is 6.54 Å². The van der Waals surface area contributed by atoms with Crippen molar-refractivity contribution < 1.29 is 9.53 Å². The minimum Gasteiger partial charge on any atom is -0.495 e. The van der Waals surface area contributed by atoms with Crippen molar-refractivity contribution in [1.29, 1.82) is 0 Å². The number of nitrogens with two attached hydrogens (primary N) is 1. The number of carbonyl (C=O) groups excluding carboxylic acids is 1. The topological polar surface area (TPSA) is 64.3 Å². The summed E-state index contributed by atoms with van der Waals surface area (Å²) in [6.45, 7) is 0.377. The van der Waals surface area contributed by atoms with Crippen molar-refractivity contribution in [2.75, 3.05) is 19.0 Å². The molecule has 1 unspecified atom stereocenters. The molecule has 0 saturated heterocycles. The number of fused-ring (bicyclic) bond motifs is 1. The monoisotopic (exact) mass is 206 g/mol. The molecule has 0 bridgehead atoms. The second kappa shape index (κ2) is 3.90. The smallest absolute Gasteiger partial charge is 0.229 e. The Morgan fingerprint density at radius 3 is 3.07 bits per heavy atom. The zero-order valence-electron chi connectivity index (χ0n) is 8.62. The van der Waals surface area contributed by atoms with Gasteiger partial charge in [-0.05, 0) is 18.1 Å². The summed E-state index contributed by atoms with van der Waals surface area (Å²) >= 11 is 0. The fraction of sp³-hybridized carbons (Fsp3) is 0.364. The van der Waals surface area contributed by atoms with Crippen LogP contribution in [-0.4, -0.2) is 19.6 Å². The summed E-state index contributed by atoms with van der Waals surface area (Å²) in [6, 6.07) is 5.74. The maximum atomic E-state index is 11.6. The van der Waals surface area contributed by atoms with Gasteiger partial charge in [-0.1, -0.05) is 12.1 Å². The highest BCUT2D eigenvalue weighted by atomic mass is 16.5. The second-order valence-electron chi connectivity index (χ2n) is 3.62. The molecule has 15 heavy (non-hydrogen) atoms. The molecule has 0 fully saturated rings. The van der Waals surface area contributed by atoms with E-state index < -0.39 is 0 Å². The highest BCUT2D eigenvalue weighted by molar-refractivity contribution is 5.97. The van der Waals surface area contributed by atoms with Crippen molar-refractivity contribution in [3.8, 4) is 5.75 Å². The van der Waals surface area contributed by atoms with E-state index in [1.165, 1.54) is 0 Å². The lowest BCUT2D eigenvalue weighted by molar-refractivity contribution is -0.119. The molecule has 2 rings (SSSR count). The van der Waals surface area contributed by atoms with E-state index in [1.54, 1.807) is 7.11 Å². The Bertz CT molecular complexity index is 390. The first-order chi connectivity index (χ1) is 7.26. The van der Waals surface area contributed by atoms with Crippen LogP contribution < -0.4 is 15.8 Å². The van der Waals surface area contributed by atoms with Crippen molar-refractivity contribution >= 4 is 11.6 Å². The lowest BCUT2D eigenvalue weighted by Gasteiger charge is -2.24. The van der Waals surface area contributed by atoms with Crippen LogP contribution in [0.2, 0.25) is 0 Å². The quantitative estimate of drug-likeness (QED) is 0.751. The molecule has 0 radical (unpaired) electrons. The minimum atomic E-state index is -0.121. The maximum Gasteiger partial charge on any atom is 0.229 e. The molecule has 1 heterocycles. The summed E-state index contributed by atoms with van der Waals surface area (Å²) in [4.78, 5) is 11.6. The molecule has 1 aliphatic rings. The van der Waals surface area contributed by atoms with Crippen LogP contribution in [0.3, 0.4) is 0 Å². The molecule has 4 heteroatoms. The van der Waals surface area contributed by atoms with E-state index in [0.717, 1.165) is 11.3 Å². The molecule has 0 aliphatic carbocycles. The number of rotatable bonds is 2. The number of hydrogen-bond donors (Lipinski definition) is 2. The largest absolute Gasteiger partial charge is 0.495 e. The van der Waals surface area contributed by atoms with Gasteiger partial charge in [0.25, 0.3) is 0 Å². The number of anilines is 1. The molecular formula is C11H14N2O2. The van der Waals surface area contributed by atoms with Gasteiger partial charge in [-0.2, -0.15) is 0 Å². The van der Waals surface area contributed by atoms with Gasteiger partial charge >= 0.3 is 0 Å². The van der Waals surface area contributed by atoms with E-state index in [2.05, 4.69) is 5.32 Å². The Balaban J connectivity index is 2.39. The molecule has 0 spiro atoms. The minimum absolute atomic E-state index is 0.0190. The Labute approximate surface area is 88.4 Å². The molecule has 1 aromatic rings. The van der Waals surface area contributed by atoms with Crippen LogP contribution >= 0.6 is 0 Å². The normalized spacial score (nSPS) is 19.3. The van der Waals surface area contributed by atoms with Crippen LogP contribution in [0.1, 0.15) is 5.56 Å². The van der Waals surface area contributed by atoms with Crippen LogP contribution in [0.15, 0.2) is 18.2 Å². The summed E-state index contributed by atoms with van der Waals surface area (Å²) in [7, 11) is 1.59. The average molecular weight is 206 g/mol. The SMILES string of the molecule is COc1cccc2c1NC(=O)C(CN)C2. The van der Waals surface area contributed by atoms with Gasteiger partial charge in [0.1, 0.15) is 5.75 Å². The van der Waals surface area contributed by atoms with Crippen LogP contribution in [-0.2, 0) is 11.2 Å². The Hall–Kier alpha value is -1.55. The van der Waals surface area contributed by atoms with Crippen molar-refractivity contribution in [2.45, 2.75) is 6.42 Å². The number of benzene rings is 1. The number of ether oxygens (including phenoxy) is 1. The molecule has 4 nitrogen and oxygen atoms in total. The third kappa shape index (κ3) is 1.68. The van der Waals surface area contributed by atoms with E-state index in [4.69, 9.17) is 10.5 Å². The van der Waals surface area contributed by atoms with E-state index in [-0.39, 0.29) is 11.8 Å². The van der Waals surface area contributed by atoms with Crippen LogP contribution in [0.4, 0.5) is 5.69 Å². The van der Waals surface area contributed by atoms with Gasteiger partial charge in [0.05, 0.1) is 18.7 Å². The summed E-state index contributed by atoms with van der Waals surface area (Å²) < 4.78 is 5.18. The van der Waals surface area contributed by atoms with E-state index in [9.17, 15) is 4.79 Å². The van der Waals surface area contributed by atoms with Crippen LogP contribution in [0.5, 0.6) is 5.75 Å². The van der Waals surface area contributed by atoms with Gasteiger partial charge < -0.3 is 15.8 Å². The molecular weight excluding hydrogens is 192 g/mol. The highest BCUT2D eigenvalue weighted by Crippen LogP contribution is 2.33. The average Bonchev–Trinajstić information content (AvgIpc) is 2.27. The van der Waals surface area contributed by atoms with Gasteiger partial charge in [-0.3, -0.25) is 4.79 Å². The Morgan fingerprint density at radius 2 is 2.40 bits per heavy atom. The highest BCUT2D eigenvalue weighted by Gasteiger charge is 2.26. The van der Waals surface area contributed by atoms with Crippen LogP contribution in [0.25, 0.3) is 0 Å². The number of hydrogen-bond acceptors (Lipinski definition) is 3. The first kappa shape index (κ1) is 9.98. The zero-order valence-corrected chi connectivity index (χ0v) is 8.62. The maximum absolute atomic E-state index is 11.6. The molecule has 3 N–H and O–H groups in total. The summed E-state index contributed by atoms with van der Waals surface area (Å²) in [5.74, 6) is 0.565. The molecule has 1 aromatic carbocycles. The first-order valence-corrected chi connectivity index (χ1v) is 4.93. The van der Waals surface area contributed by atoms with Gasteiger partial charge in [-0.25, -0.2) is 0 Å². The molecule has 1 amide bonds. The number of para-hydroxylation sites is 1. The van der Waals surface area contributed by atoms with Gasteiger partial charge in [0.2, 0.25) is 5.91 Å². The molecule has 1 atom stereocenters. The predicted octanol–water partition coefficient (Wildman–Crippen LogP) is 0.765. The van der Waals surface area contributed by atoms with Gasteiger partial charge in [-0.15, -0.1) is 0 Å². The number of nitrogens with one attached hydrogen (secondary N) is 1. The van der Waals surface area contributed by atoms with Crippen molar-refractivity contribution in [2.24, 2.45) is 11.7 Å². The van der Waals surface area contributed by atoms with Crippen molar-refractivity contribution in [1.82, 2.24) is 0 Å². The lowest BCUT2D eigenvalue weighted by Crippen LogP contribution is -2.35. The Morgan fingerprint density at radius 1 is 1.60 bits per heavy atom. The summed E-state index contributed by atoms with van der Waals surface area (Å²) in [6.07, 6.45) is 0.689.